The summed E-state index contributed by atoms with van der Waals surface area (Å²) in [7, 11) is 0. The van der Waals surface area contributed by atoms with Crippen LogP contribution in [0, 0.1) is 0 Å². The van der Waals surface area contributed by atoms with Crippen LogP contribution in [0.2, 0.25) is 0 Å². The molecule has 1 fully saturated rings. The van der Waals surface area contributed by atoms with E-state index in [1.54, 1.807) is 0 Å². The minimum absolute atomic E-state index is 0.107. The third-order valence-electron chi connectivity index (χ3n) is 3.58. The fourth-order valence-corrected chi connectivity index (χ4v) is 2.33. The van der Waals surface area contributed by atoms with Gasteiger partial charge in [-0.3, -0.25) is 9.36 Å². The lowest BCUT2D eigenvalue weighted by molar-refractivity contribution is -0.115. The van der Waals surface area contributed by atoms with Crippen LogP contribution in [0.15, 0.2) is 17.4 Å². The highest BCUT2D eigenvalue weighted by Gasteiger charge is 2.52. The molecule has 0 bridgehead atoms. The van der Waals surface area contributed by atoms with Crippen LogP contribution in [-0.4, -0.2) is 59.3 Å². The molecule has 1 saturated heterocycles. The largest absolute Gasteiger partial charge is 0.393 e. The van der Waals surface area contributed by atoms with Crippen LogP contribution in [0.4, 0.5) is 0 Å². The van der Waals surface area contributed by atoms with Crippen molar-refractivity contribution < 1.29 is 20.1 Å². The number of ether oxygens (including phenoxy) is 1. The molecule has 1 aliphatic heterocycles. The second-order valence-electron chi connectivity index (χ2n) is 4.97. The lowest BCUT2D eigenvalue weighted by atomic mass is 9.99. The molecule has 9 nitrogen and oxygen atoms in total. The Bertz CT molecular complexity index is 697. The number of fused-ring (bicyclic) bond motifs is 1. The van der Waals surface area contributed by atoms with Gasteiger partial charge in [0.1, 0.15) is 17.8 Å². The van der Waals surface area contributed by atoms with E-state index in [0.29, 0.717) is 0 Å². The zero-order valence-electron chi connectivity index (χ0n) is 10.6. The highest BCUT2D eigenvalue weighted by molar-refractivity contribution is 5.68. The summed E-state index contributed by atoms with van der Waals surface area (Å²) in [5, 5.41) is 29.3. The molecule has 0 radical (unpaired) electrons. The lowest BCUT2D eigenvalue weighted by Gasteiger charge is -2.24. The fourth-order valence-electron chi connectivity index (χ4n) is 2.33. The van der Waals surface area contributed by atoms with E-state index in [1.165, 1.54) is 24.1 Å². The number of nitrogens with zero attached hydrogens (tertiary/aromatic N) is 3. The third-order valence-corrected chi connectivity index (χ3v) is 3.58. The van der Waals surface area contributed by atoms with E-state index in [1.807, 2.05) is 0 Å². The van der Waals surface area contributed by atoms with Crippen LogP contribution in [0.3, 0.4) is 0 Å². The molecule has 0 amide bonds. The van der Waals surface area contributed by atoms with Gasteiger partial charge in [0.05, 0.1) is 19.3 Å². The van der Waals surface area contributed by atoms with E-state index in [4.69, 9.17) is 4.74 Å². The van der Waals surface area contributed by atoms with Crippen LogP contribution in [0.5, 0.6) is 0 Å². The maximum Gasteiger partial charge on any atom is 0.278 e. The van der Waals surface area contributed by atoms with Crippen molar-refractivity contribution in [2.45, 2.75) is 31.0 Å². The quantitative estimate of drug-likeness (QED) is 0.506. The first kappa shape index (κ1) is 13.2. The zero-order valence-corrected chi connectivity index (χ0v) is 10.6. The summed E-state index contributed by atoms with van der Waals surface area (Å²) in [6.07, 6.45) is -1.01. The van der Waals surface area contributed by atoms with E-state index < -0.39 is 36.2 Å². The van der Waals surface area contributed by atoms with Gasteiger partial charge in [0, 0.05) is 0 Å². The van der Waals surface area contributed by atoms with Crippen molar-refractivity contribution in [1.29, 1.82) is 0 Å². The van der Waals surface area contributed by atoms with Gasteiger partial charge in [0.25, 0.3) is 5.56 Å². The summed E-state index contributed by atoms with van der Waals surface area (Å²) in [6.45, 7) is 1.03. The molecule has 3 heterocycles. The topological polar surface area (TPSA) is 133 Å². The van der Waals surface area contributed by atoms with E-state index in [2.05, 4.69) is 15.0 Å². The first-order valence-corrected chi connectivity index (χ1v) is 6.03. The normalized spacial score (nSPS) is 33.9. The highest BCUT2D eigenvalue weighted by Crippen LogP contribution is 2.37. The molecule has 9 heteroatoms. The number of hydrogen-bond acceptors (Lipinski definition) is 7. The minimum atomic E-state index is -1.29. The molecular weight excluding hydrogens is 268 g/mol. The standard InChI is InChI=1S/C11H14N4O5/c1-11(2-16)7(18)6(17)10(20-11)15-4-14-5-8(15)12-3-13-9(5)19/h3-4,6-7,10,16-18H,2H2,1H3,(H,12,13,19)/t6-,7+,10?,11-/m1/s1. The molecule has 108 valence electrons. The lowest BCUT2D eigenvalue weighted by Crippen LogP contribution is -2.43. The van der Waals surface area contributed by atoms with Gasteiger partial charge in [-0.15, -0.1) is 0 Å². The highest BCUT2D eigenvalue weighted by atomic mass is 16.6. The smallest absolute Gasteiger partial charge is 0.278 e. The van der Waals surface area contributed by atoms with Crippen molar-refractivity contribution in [2.75, 3.05) is 6.61 Å². The minimum Gasteiger partial charge on any atom is -0.393 e. The predicted octanol–water partition coefficient (Wildman–Crippen LogP) is -1.88. The zero-order chi connectivity index (χ0) is 14.5. The molecule has 0 spiro atoms. The number of aliphatic hydroxyl groups is 3. The van der Waals surface area contributed by atoms with Crippen molar-refractivity contribution in [3.63, 3.8) is 0 Å². The molecule has 4 atom stereocenters. The van der Waals surface area contributed by atoms with Gasteiger partial charge in [0.2, 0.25) is 0 Å². The summed E-state index contributed by atoms with van der Waals surface area (Å²) in [6, 6.07) is 0. The number of hydrogen-bond donors (Lipinski definition) is 4. The molecule has 1 unspecified atom stereocenters. The first-order chi connectivity index (χ1) is 9.48. The fraction of sp³-hybridized carbons (Fsp3) is 0.545. The van der Waals surface area contributed by atoms with Crippen molar-refractivity contribution in [3.8, 4) is 0 Å². The molecule has 0 aromatic carbocycles. The van der Waals surface area contributed by atoms with Crippen molar-refractivity contribution in [3.05, 3.63) is 23.0 Å². The number of aromatic amines is 1. The molecule has 4 N–H and O–H groups in total. The van der Waals surface area contributed by atoms with E-state index in [-0.39, 0.29) is 11.2 Å². The van der Waals surface area contributed by atoms with E-state index in [9.17, 15) is 20.1 Å². The second-order valence-corrected chi connectivity index (χ2v) is 4.97. The summed E-state index contributed by atoms with van der Waals surface area (Å²) in [4.78, 5) is 21.9. The molecule has 0 saturated carbocycles. The predicted molar refractivity (Wildman–Crippen MR) is 65.8 cm³/mol. The van der Waals surface area contributed by atoms with Crippen LogP contribution in [0.25, 0.3) is 11.2 Å². The number of aromatic nitrogens is 4. The Morgan fingerprint density at radius 1 is 1.50 bits per heavy atom. The molecule has 2 aromatic rings. The van der Waals surface area contributed by atoms with Gasteiger partial charge in [-0.2, -0.15) is 0 Å². The van der Waals surface area contributed by atoms with Crippen LogP contribution in [0.1, 0.15) is 13.2 Å². The Kier molecular flexibility index (Phi) is 2.87. The molecular formula is C11H14N4O5. The van der Waals surface area contributed by atoms with Crippen LogP contribution >= 0.6 is 0 Å². The Balaban J connectivity index is 2.09. The number of nitrogens with one attached hydrogen (secondary N) is 1. The molecule has 2 aromatic heterocycles. The summed E-state index contributed by atoms with van der Waals surface area (Å²) < 4.78 is 6.90. The third kappa shape index (κ3) is 1.68. The Morgan fingerprint density at radius 3 is 2.90 bits per heavy atom. The maximum atomic E-state index is 11.6. The van der Waals surface area contributed by atoms with Crippen LogP contribution < -0.4 is 5.56 Å². The van der Waals surface area contributed by atoms with E-state index >= 15 is 0 Å². The Labute approximate surface area is 112 Å². The number of aliphatic hydroxyl groups excluding tert-OH is 3. The summed E-state index contributed by atoms with van der Waals surface area (Å²) >= 11 is 0. The average molecular weight is 282 g/mol. The monoisotopic (exact) mass is 282 g/mol. The Hall–Kier alpha value is -1.81. The Morgan fingerprint density at radius 2 is 2.25 bits per heavy atom. The van der Waals surface area contributed by atoms with Gasteiger partial charge in [-0.1, -0.05) is 0 Å². The van der Waals surface area contributed by atoms with Crippen molar-refractivity contribution in [1.82, 2.24) is 19.5 Å². The SMILES string of the molecule is C[C@]1(CO)OC(n2cnc3c(=O)[nH]cnc32)[C@H](O)[C@@H]1O. The van der Waals surface area contributed by atoms with Crippen LogP contribution in [-0.2, 0) is 4.74 Å². The molecule has 1 aliphatic rings. The first-order valence-electron chi connectivity index (χ1n) is 6.03. The number of rotatable bonds is 2. The number of H-pyrrole nitrogens is 1. The van der Waals surface area contributed by atoms with Gasteiger partial charge in [0.15, 0.2) is 17.4 Å². The summed E-state index contributed by atoms with van der Waals surface area (Å²) in [5.74, 6) is 0. The van der Waals surface area contributed by atoms with Gasteiger partial charge >= 0.3 is 0 Å². The molecule has 3 rings (SSSR count). The number of imidazole rings is 1. The molecule has 0 aliphatic carbocycles. The maximum absolute atomic E-state index is 11.6. The summed E-state index contributed by atoms with van der Waals surface area (Å²) in [5.41, 5.74) is -1.36. The van der Waals surface area contributed by atoms with E-state index in [0.717, 1.165) is 0 Å². The van der Waals surface area contributed by atoms with Gasteiger partial charge in [-0.25, -0.2) is 9.97 Å². The van der Waals surface area contributed by atoms with Crippen molar-refractivity contribution >= 4 is 11.2 Å². The van der Waals surface area contributed by atoms with Crippen molar-refractivity contribution in [2.24, 2.45) is 0 Å². The second kappa shape index (κ2) is 4.35. The average Bonchev–Trinajstić information content (AvgIpc) is 2.96. The molecule has 20 heavy (non-hydrogen) atoms. The van der Waals surface area contributed by atoms with Gasteiger partial charge in [-0.05, 0) is 6.92 Å². The van der Waals surface area contributed by atoms with Gasteiger partial charge < -0.3 is 25.0 Å².